The predicted molar refractivity (Wildman–Crippen MR) is 206 cm³/mol. The van der Waals surface area contributed by atoms with E-state index in [0.717, 1.165) is 0 Å². The van der Waals surface area contributed by atoms with Gasteiger partial charge in [-0.15, -0.1) is 0 Å². The van der Waals surface area contributed by atoms with E-state index in [9.17, 15) is 0 Å². The second kappa shape index (κ2) is 12.5. The molecule has 0 fully saturated rings. The van der Waals surface area contributed by atoms with Crippen molar-refractivity contribution in [1.29, 1.82) is 0 Å². The fourth-order valence-electron chi connectivity index (χ4n) is 7.15. The number of fused-ring (bicyclic) bond motifs is 2. The summed E-state index contributed by atoms with van der Waals surface area (Å²) in [6.45, 7) is 0. The van der Waals surface area contributed by atoms with Crippen LogP contribution in [0.4, 0.5) is 0 Å². The third-order valence-electron chi connectivity index (χ3n) is 9.15. The van der Waals surface area contributed by atoms with Crippen LogP contribution < -0.4 is 37.1 Å². The molecule has 220 valence electrons. The molecule has 0 aliphatic rings. The number of benzene rings is 8. The Hall–Kier alpha value is -4.86. The summed E-state index contributed by atoms with van der Waals surface area (Å²) >= 11 is 0. The van der Waals surface area contributed by atoms with Gasteiger partial charge < -0.3 is 0 Å². The second-order valence-electron chi connectivity index (χ2n) is 11.7. The zero-order valence-electron chi connectivity index (χ0n) is 25.5. The summed E-state index contributed by atoms with van der Waals surface area (Å²) in [5.74, 6) is 0. The minimum atomic E-state index is -2.94. The van der Waals surface area contributed by atoms with Crippen molar-refractivity contribution >= 4 is 73.9 Å². The molecule has 0 amide bonds. The number of hydrogen-bond acceptors (Lipinski definition) is 0. The van der Waals surface area contributed by atoms with Crippen LogP contribution in [0.25, 0.3) is 21.5 Å². The van der Waals surface area contributed by atoms with Gasteiger partial charge in [0.15, 0.2) is 0 Å². The van der Waals surface area contributed by atoms with Gasteiger partial charge in [-0.25, -0.2) is 0 Å². The molecule has 0 saturated carbocycles. The third kappa shape index (κ3) is 4.96. The van der Waals surface area contributed by atoms with E-state index < -0.39 is 15.2 Å². The summed E-state index contributed by atoms with van der Waals surface area (Å²) in [6, 6.07) is 74.9. The van der Waals surface area contributed by atoms with Gasteiger partial charge in [0.2, 0.25) is 0 Å². The van der Waals surface area contributed by atoms with Crippen LogP contribution in [0.3, 0.4) is 0 Å². The first-order valence-electron chi connectivity index (χ1n) is 15.9. The zero-order valence-corrected chi connectivity index (χ0v) is 27.4. The molecule has 2 heteroatoms. The van der Waals surface area contributed by atoms with Crippen molar-refractivity contribution in [3.05, 3.63) is 200 Å². The Labute approximate surface area is 273 Å². The van der Waals surface area contributed by atoms with Crippen LogP contribution in [0.1, 0.15) is 0 Å². The molecule has 0 aliphatic heterocycles. The van der Waals surface area contributed by atoms with E-state index in [2.05, 4.69) is 200 Å². The fraction of sp³-hybridized carbons (Fsp3) is 0. The summed E-state index contributed by atoms with van der Waals surface area (Å²) < 4.78 is 0. The topological polar surface area (TPSA) is 0 Å². The van der Waals surface area contributed by atoms with Crippen LogP contribution >= 0.6 is 15.2 Å². The molecule has 8 rings (SSSR count). The van der Waals surface area contributed by atoms with Crippen molar-refractivity contribution in [3.8, 4) is 0 Å². The molecule has 0 heterocycles. The second-order valence-corrected chi connectivity index (χ2v) is 17.6. The Balaban J connectivity index is 1.59. The zero-order chi connectivity index (χ0) is 30.8. The molecule has 0 atom stereocenters. The first kappa shape index (κ1) is 28.6. The Kier molecular flexibility index (Phi) is 7.77. The van der Waals surface area contributed by atoms with Gasteiger partial charge in [0.05, 0.1) is 0 Å². The van der Waals surface area contributed by atoms with E-state index >= 15 is 0 Å². The Morgan fingerprint density at radius 2 is 0.783 bits per heavy atom. The van der Waals surface area contributed by atoms with Crippen LogP contribution in [0.2, 0.25) is 0 Å². The predicted octanol–water partition coefficient (Wildman–Crippen LogP) is 8.10. The molecule has 0 N–H and O–H groups in total. The average Bonchev–Trinajstić information content (AvgIpc) is 3.14. The van der Waals surface area contributed by atoms with Crippen LogP contribution in [0.5, 0.6) is 0 Å². The van der Waals surface area contributed by atoms with Gasteiger partial charge in [-0.3, -0.25) is 0 Å². The molecule has 8 aromatic carbocycles. The van der Waals surface area contributed by atoms with E-state index in [1.807, 2.05) is 0 Å². The van der Waals surface area contributed by atoms with Gasteiger partial charge in [0.25, 0.3) is 0 Å². The molecular weight excluding hydrogens is 590 g/mol. The first-order valence-corrected chi connectivity index (χ1v) is 19.2. The van der Waals surface area contributed by atoms with Crippen molar-refractivity contribution in [2.45, 2.75) is 0 Å². The summed E-state index contributed by atoms with van der Waals surface area (Å²) in [5.41, 5.74) is 0. The molecule has 0 bridgehead atoms. The Bertz CT molecular complexity index is 2170. The molecular formula is C44H34P2. The van der Waals surface area contributed by atoms with Gasteiger partial charge in [-0.2, -0.15) is 0 Å². The van der Waals surface area contributed by atoms with Gasteiger partial charge in [-0.05, 0) is 0 Å². The van der Waals surface area contributed by atoms with Crippen LogP contribution in [-0.2, 0) is 0 Å². The normalized spacial score (nSPS) is 12.0. The molecule has 0 saturated heterocycles. The molecule has 8 aromatic rings. The maximum atomic E-state index is 2.49. The Morgan fingerprint density at radius 1 is 0.326 bits per heavy atom. The summed E-state index contributed by atoms with van der Waals surface area (Å²) in [5, 5.41) is 15.0. The minimum absolute atomic E-state index is 0.875. The third-order valence-corrected chi connectivity index (χ3v) is 16.7. The average molecular weight is 625 g/mol. The molecule has 0 aliphatic carbocycles. The van der Waals surface area contributed by atoms with Crippen molar-refractivity contribution in [1.82, 2.24) is 0 Å². The Morgan fingerprint density at radius 3 is 1.37 bits per heavy atom. The molecule has 0 radical (unpaired) electrons. The van der Waals surface area contributed by atoms with Crippen molar-refractivity contribution in [2.75, 3.05) is 0 Å². The fourth-order valence-corrected chi connectivity index (χ4v) is 15.4. The molecule has 0 spiro atoms. The summed E-state index contributed by atoms with van der Waals surface area (Å²) in [7, 11) is -3.81. The molecule has 0 nitrogen and oxygen atoms in total. The standard InChI is InChI=1S/C44H34P2/c1-5-20-37(21-6-1)45(38-22-7-2-8-23-38)43-32-30-35-18-15-16-28-42(35)44(43)46(39-24-9-3-10-25-39,40-26-11-4-12-27-40)41-31-29-34-17-13-14-19-36(34)33-41/h1-33,46H. The van der Waals surface area contributed by atoms with Gasteiger partial charge in [0.1, 0.15) is 0 Å². The summed E-state index contributed by atoms with van der Waals surface area (Å²) in [6.07, 6.45) is 0. The van der Waals surface area contributed by atoms with E-state index in [0.29, 0.717) is 0 Å². The van der Waals surface area contributed by atoms with Gasteiger partial charge in [-0.1, -0.05) is 0 Å². The van der Waals surface area contributed by atoms with Gasteiger partial charge in [0, 0.05) is 0 Å². The van der Waals surface area contributed by atoms with Gasteiger partial charge >= 0.3 is 274 Å². The van der Waals surface area contributed by atoms with E-state index in [4.69, 9.17) is 0 Å². The van der Waals surface area contributed by atoms with E-state index in [1.165, 1.54) is 58.7 Å². The van der Waals surface area contributed by atoms with Crippen molar-refractivity contribution < 1.29 is 0 Å². The van der Waals surface area contributed by atoms with E-state index in [-0.39, 0.29) is 0 Å². The SMILES string of the molecule is c1ccc(P(c2ccccc2)c2ccc3ccccc3c2[PH](c2ccccc2)(c2ccccc2)c2ccc3ccccc3c2)cc1. The number of rotatable bonds is 7. The monoisotopic (exact) mass is 624 g/mol. The molecule has 0 unspecified atom stereocenters. The molecule has 0 aromatic heterocycles. The number of hydrogen-bond donors (Lipinski definition) is 0. The maximum absolute atomic E-state index is 2.94. The quantitative estimate of drug-likeness (QED) is 0.157. The van der Waals surface area contributed by atoms with Crippen LogP contribution in [0, 0.1) is 0 Å². The van der Waals surface area contributed by atoms with Crippen molar-refractivity contribution in [2.24, 2.45) is 0 Å². The summed E-state index contributed by atoms with van der Waals surface area (Å²) in [4.78, 5) is 0. The van der Waals surface area contributed by atoms with Crippen LogP contribution in [0.15, 0.2) is 200 Å². The van der Waals surface area contributed by atoms with E-state index in [1.54, 1.807) is 0 Å². The van der Waals surface area contributed by atoms with Crippen molar-refractivity contribution in [3.63, 3.8) is 0 Å². The first-order chi connectivity index (χ1) is 22.8. The molecule has 46 heavy (non-hydrogen) atoms. The van der Waals surface area contributed by atoms with Crippen LogP contribution in [-0.4, -0.2) is 0 Å².